The van der Waals surface area contributed by atoms with Gasteiger partial charge >= 0.3 is 0 Å². The number of carbonyl (C=O) groups is 1. The number of thiol groups is 1. The Hall–Kier alpha value is -3.46. The molecule has 0 aromatic heterocycles. The molecule has 0 saturated heterocycles. The molecule has 38 heavy (non-hydrogen) atoms. The van der Waals surface area contributed by atoms with Gasteiger partial charge in [-0.05, 0) is 62.4 Å². The molecule has 0 saturated carbocycles. The van der Waals surface area contributed by atoms with Crippen molar-refractivity contribution in [1.29, 1.82) is 5.26 Å². The summed E-state index contributed by atoms with van der Waals surface area (Å²) in [5, 5.41) is 23.8. The van der Waals surface area contributed by atoms with Gasteiger partial charge in [-0.3, -0.25) is 4.79 Å². The van der Waals surface area contributed by atoms with Crippen LogP contribution >= 0.6 is 12.6 Å². The summed E-state index contributed by atoms with van der Waals surface area (Å²) in [7, 11) is 0. The molecule has 1 unspecified atom stereocenters. The second-order valence-corrected chi connectivity index (χ2v) is 9.81. The summed E-state index contributed by atoms with van der Waals surface area (Å²) < 4.78 is 44.8. The molecular weight excluding hydrogens is 515 g/mol. The molecule has 1 amide bonds. The van der Waals surface area contributed by atoms with Crippen molar-refractivity contribution >= 4 is 40.9 Å². The molecule has 2 rings (SSSR count). The number of nitrogens with one attached hydrogen (secondary N) is 2. The zero-order valence-electron chi connectivity index (χ0n) is 21.2. The molecule has 7 N–H and O–H groups in total. The average Bonchev–Trinajstić information content (AvgIpc) is 2.88. The third kappa shape index (κ3) is 8.02. The first kappa shape index (κ1) is 30.8. The maximum absolute atomic E-state index is 15.3. The summed E-state index contributed by atoms with van der Waals surface area (Å²) in [6.07, 6.45) is 5.59. The third-order valence-corrected chi connectivity index (χ3v) is 6.19. The van der Waals surface area contributed by atoms with E-state index < -0.39 is 23.0 Å². The number of nitrogens with zero attached hydrogens (tertiary/aromatic N) is 1. The van der Waals surface area contributed by atoms with Crippen LogP contribution in [0.25, 0.3) is 10.5 Å². The number of benzene rings is 2. The Morgan fingerprint density at radius 2 is 1.97 bits per heavy atom. The molecule has 2 aromatic carbocycles. The molecule has 0 aliphatic carbocycles. The summed E-state index contributed by atoms with van der Waals surface area (Å²) >= 11 is 4.46. The number of nitrogens with two attached hydrogens (primary N) is 2. The highest BCUT2D eigenvalue weighted by atomic mass is 32.1. The number of hydrogen-bond donors (Lipinski definition) is 6. The minimum absolute atomic E-state index is 0.0230. The number of rotatable bonds is 13. The van der Waals surface area contributed by atoms with Crippen molar-refractivity contribution in [2.24, 2.45) is 5.73 Å². The molecule has 0 spiro atoms. The van der Waals surface area contributed by atoms with E-state index in [1.807, 2.05) is 0 Å². The standard InChI is InChI=1S/C27H32F3N5O2S/c1-27(2,14-36)35-25-22(33)12-20(23(29)24(25)30)26(38)19(16-8-9-17(13-31)21(28)11-16)7-3-5-18(32)6-4-10-34-15-37/h3,7-9,11-12,15,18,35-36,38H,4-6,10,14,32-33H2,1-2H3,(H,34,37)/b7-3+,26-19+. The lowest BCUT2D eigenvalue weighted by Crippen LogP contribution is -2.35. The minimum atomic E-state index is -1.26. The smallest absolute Gasteiger partial charge is 0.207 e. The summed E-state index contributed by atoms with van der Waals surface area (Å²) in [6, 6.07) is 6.56. The predicted molar refractivity (Wildman–Crippen MR) is 148 cm³/mol. The molecule has 204 valence electrons. The molecule has 0 aliphatic rings. The summed E-state index contributed by atoms with van der Waals surface area (Å²) in [6.45, 7) is 3.31. The van der Waals surface area contributed by atoms with E-state index in [1.54, 1.807) is 32.1 Å². The van der Waals surface area contributed by atoms with Crippen LogP contribution in [0.4, 0.5) is 24.5 Å². The predicted octanol–water partition coefficient (Wildman–Crippen LogP) is 4.34. The van der Waals surface area contributed by atoms with Gasteiger partial charge in [0.1, 0.15) is 11.9 Å². The largest absolute Gasteiger partial charge is 0.397 e. The average molecular weight is 548 g/mol. The van der Waals surface area contributed by atoms with Crippen LogP contribution < -0.4 is 22.1 Å². The van der Waals surface area contributed by atoms with Gasteiger partial charge in [0.05, 0.1) is 29.1 Å². The zero-order chi connectivity index (χ0) is 28.5. The van der Waals surface area contributed by atoms with Crippen molar-refractivity contribution in [3.8, 4) is 6.07 Å². The van der Waals surface area contributed by atoms with Gasteiger partial charge in [-0.2, -0.15) is 5.26 Å². The first-order valence-corrected chi connectivity index (χ1v) is 12.3. The van der Waals surface area contributed by atoms with E-state index in [0.717, 1.165) is 6.07 Å². The van der Waals surface area contributed by atoms with Crippen LogP contribution in [0, 0.1) is 28.8 Å². The third-order valence-electron chi connectivity index (χ3n) is 5.71. The van der Waals surface area contributed by atoms with Crippen LogP contribution in [-0.2, 0) is 4.79 Å². The van der Waals surface area contributed by atoms with Crippen LogP contribution in [0.1, 0.15) is 49.8 Å². The Bertz CT molecular complexity index is 1260. The van der Waals surface area contributed by atoms with Gasteiger partial charge in [0, 0.05) is 23.1 Å². The zero-order valence-corrected chi connectivity index (χ0v) is 22.1. The number of allylic oxidation sites excluding steroid dienone is 2. The number of halogens is 3. The van der Waals surface area contributed by atoms with Crippen molar-refractivity contribution < 1.29 is 23.1 Å². The topological polar surface area (TPSA) is 137 Å². The second-order valence-electron chi connectivity index (χ2n) is 9.36. The van der Waals surface area contributed by atoms with Crippen molar-refractivity contribution in [2.45, 2.75) is 44.7 Å². The maximum atomic E-state index is 15.3. The Balaban J connectivity index is 2.55. The molecule has 0 radical (unpaired) electrons. The molecule has 7 nitrogen and oxygen atoms in total. The van der Waals surface area contributed by atoms with E-state index in [4.69, 9.17) is 16.7 Å². The van der Waals surface area contributed by atoms with Crippen LogP contribution in [0.15, 0.2) is 36.4 Å². The minimum Gasteiger partial charge on any atom is -0.397 e. The number of nitriles is 1. The van der Waals surface area contributed by atoms with Gasteiger partial charge in [0.25, 0.3) is 0 Å². The summed E-state index contributed by atoms with van der Waals surface area (Å²) in [4.78, 5) is 10.3. The lowest BCUT2D eigenvalue weighted by Gasteiger charge is -2.26. The number of hydrogen-bond acceptors (Lipinski definition) is 7. The van der Waals surface area contributed by atoms with Gasteiger partial charge in [-0.25, -0.2) is 13.2 Å². The molecule has 0 heterocycles. The highest BCUT2D eigenvalue weighted by Crippen LogP contribution is 2.38. The van der Waals surface area contributed by atoms with E-state index in [-0.39, 0.29) is 51.2 Å². The fourth-order valence-electron chi connectivity index (χ4n) is 3.56. The summed E-state index contributed by atoms with van der Waals surface area (Å²) in [5.74, 6) is -3.28. The van der Waals surface area contributed by atoms with Crippen LogP contribution in [0.5, 0.6) is 0 Å². The quantitative estimate of drug-likeness (QED) is 0.0551. The van der Waals surface area contributed by atoms with Crippen molar-refractivity contribution in [3.05, 3.63) is 70.6 Å². The summed E-state index contributed by atoms with van der Waals surface area (Å²) in [5.41, 5.74) is 10.9. The Morgan fingerprint density at radius 1 is 1.26 bits per heavy atom. The van der Waals surface area contributed by atoms with Crippen LogP contribution in [0.2, 0.25) is 0 Å². The van der Waals surface area contributed by atoms with E-state index in [9.17, 15) is 14.3 Å². The molecular formula is C27H32F3N5O2S. The Kier molecular flexibility index (Phi) is 11.3. The molecule has 1 atom stereocenters. The normalized spacial score (nSPS) is 13.1. The van der Waals surface area contributed by atoms with Crippen molar-refractivity contribution in [1.82, 2.24) is 5.32 Å². The van der Waals surface area contributed by atoms with Gasteiger partial charge in [0.15, 0.2) is 11.6 Å². The van der Waals surface area contributed by atoms with Crippen molar-refractivity contribution in [2.75, 3.05) is 24.2 Å². The number of amides is 1. The number of nitrogen functional groups attached to an aromatic ring is 1. The molecule has 2 aromatic rings. The number of aliphatic hydroxyl groups excluding tert-OH is 1. The van der Waals surface area contributed by atoms with Crippen molar-refractivity contribution in [3.63, 3.8) is 0 Å². The molecule has 11 heteroatoms. The first-order chi connectivity index (χ1) is 17.9. The lowest BCUT2D eigenvalue weighted by molar-refractivity contribution is -0.109. The van der Waals surface area contributed by atoms with Crippen LogP contribution in [0.3, 0.4) is 0 Å². The van der Waals surface area contributed by atoms with Gasteiger partial charge in [-0.15, -0.1) is 12.6 Å². The van der Waals surface area contributed by atoms with Gasteiger partial charge < -0.3 is 27.2 Å². The maximum Gasteiger partial charge on any atom is 0.207 e. The SMILES string of the molecule is CC(C)(CO)Nc1c(N)cc(/C(S)=C(/C=C/CC(N)CCCNC=O)c2ccc(C#N)c(F)c2)c(F)c1F. The fourth-order valence-corrected chi connectivity index (χ4v) is 3.92. The molecule has 0 bridgehead atoms. The Labute approximate surface area is 225 Å². The number of carbonyl (C=O) groups excluding carboxylic acids is 1. The van der Waals surface area contributed by atoms with Gasteiger partial charge in [-0.1, -0.05) is 18.2 Å². The Morgan fingerprint density at radius 3 is 2.58 bits per heavy atom. The fraction of sp³-hybridized carbons (Fsp3) is 0.333. The van der Waals surface area contributed by atoms with E-state index in [2.05, 4.69) is 23.3 Å². The molecule has 0 fully saturated rings. The van der Waals surface area contributed by atoms with E-state index in [1.165, 1.54) is 18.2 Å². The van der Waals surface area contributed by atoms with Gasteiger partial charge in [0.2, 0.25) is 6.41 Å². The number of aliphatic hydroxyl groups is 1. The highest BCUT2D eigenvalue weighted by molar-refractivity contribution is 7.90. The van der Waals surface area contributed by atoms with E-state index in [0.29, 0.717) is 32.2 Å². The second kappa shape index (κ2) is 13.9. The monoisotopic (exact) mass is 547 g/mol. The highest BCUT2D eigenvalue weighted by Gasteiger charge is 2.25. The first-order valence-electron chi connectivity index (χ1n) is 11.8. The lowest BCUT2D eigenvalue weighted by atomic mass is 9.98. The molecule has 0 aliphatic heterocycles. The number of anilines is 2. The van der Waals surface area contributed by atoms with E-state index >= 15 is 8.78 Å². The van der Waals surface area contributed by atoms with Crippen LogP contribution in [-0.4, -0.2) is 36.2 Å².